The molecule has 4 nitrogen and oxygen atoms in total. The molecular formula is C7H11F3N2O2. The van der Waals surface area contributed by atoms with E-state index in [1.54, 1.807) is 12.2 Å². The van der Waals surface area contributed by atoms with Gasteiger partial charge in [-0.2, -0.15) is 13.2 Å². The maximum Gasteiger partial charge on any atom is 0.471 e. The molecular weight excluding hydrogens is 201 g/mol. The molecule has 2 amide bonds. The zero-order chi connectivity index (χ0) is 11.2. The predicted molar refractivity (Wildman–Crippen MR) is 42.4 cm³/mol. The molecule has 0 radical (unpaired) electrons. The van der Waals surface area contributed by atoms with Gasteiger partial charge in [0, 0.05) is 19.5 Å². The van der Waals surface area contributed by atoms with Gasteiger partial charge < -0.3 is 10.6 Å². The number of amides is 2. The molecule has 0 aromatic heterocycles. The van der Waals surface area contributed by atoms with Crippen molar-refractivity contribution in [2.45, 2.75) is 19.5 Å². The lowest BCUT2D eigenvalue weighted by Gasteiger charge is -2.07. The van der Waals surface area contributed by atoms with Crippen molar-refractivity contribution in [1.29, 1.82) is 0 Å². The Kier molecular flexibility index (Phi) is 4.96. The monoisotopic (exact) mass is 212 g/mol. The molecule has 0 saturated carbocycles. The van der Waals surface area contributed by atoms with E-state index < -0.39 is 12.1 Å². The summed E-state index contributed by atoms with van der Waals surface area (Å²) in [6.45, 7) is 1.38. The predicted octanol–water partition coefficient (Wildman–Crippen LogP) is 0.191. The van der Waals surface area contributed by atoms with Crippen LogP contribution in [-0.4, -0.2) is 31.1 Å². The molecule has 0 atom stereocenters. The SMILES string of the molecule is CCC(=O)NCCNC(=O)C(F)(F)F. The maximum atomic E-state index is 11.6. The average Bonchev–Trinajstić information content (AvgIpc) is 2.09. The summed E-state index contributed by atoms with van der Waals surface area (Å²) in [5.41, 5.74) is 0. The quantitative estimate of drug-likeness (QED) is 0.653. The van der Waals surface area contributed by atoms with Gasteiger partial charge in [0.15, 0.2) is 0 Å². The van der Waals surface area contributed by atoms with E-state index >= 15 is 0 Å². The smallest absolute Gasteiger partial charge is 0.354 e. The Morgan fingerprint density at radius 3 is 2.07 bits per heavy atom. The molecule has 14 heavy (non-hydrogen) atoms. The van der Waals surface area contributed by atoms with Crippen molar-refractivity contribution in [3.63, 3.8) is 0 Å². The Balaban J connectivity index is 3.56. The van der Waals surface area contributed by atoms with Crippen LogP contribution in [0.4, 0.5) is 13.2 Å². The molecule has 0 aliphatic heterocycles. The van der Waals surface area contributed by atoms with Gasteiger partial charge in [-0.15, -0.1) is 0 Å². The number of halogens is 3. The van der Waals surface area contributed by atoms with Crippen LogP contribution in [0.3, 0.4) is 0 Å². The number of alkyl halides is 3. The largest absolute Gasteiger partial charge is 0.471 e. The highest BCUT2D eigenvalue weighted by atomic mass is 19.4. The zero-order valence-electron chi connectivity index (χ0n) is 7.57. The summed E-state index contributed by atoms with van der Waals surface area (Å²) in [7, 11) is 0. The van der Waals surface area contributed by atoms with Crippen molar-refractivity contribution < 1.29 is 22.8 Å². The molecule has 0 aliphatic carbocycles. The Hall–Kier alpha value is -1.27. The molecule has 0 aromatic carbocycles. The van der Waals surface area contributed by atoms with E-state index in [1.807, 2.05) is 0 Å². The fraction of sp³-hybridized carbons (Fsp3) is 0.714. The summed E-state index contributed by atoms with van der Waals surface area (Å²) in [6, 6.07) is 0. The summed E-state index contributed by atoms with van der Waals surface area (Å²) in [5, 5.41) is 3.94. The van der Waals surface area contributed by atoms with Crippen molar-refractivity contribution in [2.75, 3.05) is 13.1 Å². The van der Waals surface area contributed by atoms with Gasteiger partial charge in [0.1, 0.15) is 0 Å². The van der Waals surface area contributed by atoms with Crippen LogP contribution in [0.1, 0.15) is 13.3 Å². The number of nitrogens with one attached hydrogen (secondary N) is 2. The highest BCUT2D eigenvalue weighted by Crippen LogP contribution is 2.13. The number of hydrogen-bond donors (Lipinski definition) is 2. The van der Waals surface area contributed by atoms with E-state index in [2.05, 4.69) is 5.32 Å². The van der Waals surface area contributed by atoms with Gasteiger partial charge in [-0.3, -0.25) is 9.59 Å². The van der Waals surface area contributed by atoms with Crippen LogP contribution in [0.2, 0.25) is 0 Å². The second-order valence-corrected chi connectivity index (χ2v) is 2.46. The van der Waals surface area contributed by atoms with Gasteiger partial charge >= 0.3 is 12.1 Å². The van der Waals surface area contributed by atoms with Gasteiger partial charge in [0.25, 0.3) is 0 Å². The molecule has 82 valence electrons. The molecule has 2 N–H and O–H groups in total. The first-order valence-corrected chi connectivity index (χ1v) is 3.99. The third-order valence-corrected chi connectivity index (χ3v) is 1.31. The third kappa shape index (κ3) is 5.39. The van der Waals surface area contributed by atoms with Gasteiger partial charge in [0.05, 0.1) is 0 Å². The second kappa shape index (κ2) is 5.46. The number of rotatable bonds is 4. The van der Waals surface area contributed by atoms with E-state index in [9.17, 15) is 22.8 Å². The van der Waals surface area contributed by atoms with Crippen LogP contribution in [-0.2, 0) is 9.59 Å². The Bertz CT molecular complexity index is 215. The van der Waals surface area contributed by atoms with Crippen LogP contribution in [0.5, 0.6) is 0 Å². The summed E-state index contributed by atoms with van der Waals surface area (Å²) in [6.07, 6.45) is -4.61. The topological polar surface area (TPSA) is 58.2 Å². The lowest BCUT2D eigenvalue weighted by Crippen LogP contribution is -2.41. The Labute approximate surface area is 78.8 Å². The zero-order valence-corrected chi connectivity index (χ0v) is 7.57. The van der Waals surface area contributed by atoms with Crippen molar-refractivity contribution in [1.82, 2.24) is 10.6 Å². The highest BCUT2D eigenvalue weighted by molar-refractivity contribution is 5.81. The van der Waals surface area contributed by atoms with Crippen molar-refractivity contribution in [2.24, 2.45) is 0 Å². The number of carbonyl (C=O) groups excluding carboxylic acids is 2. The standard InChI is InChI=1S/C7H11F3N2O2/c1-2-5(13)11-3-4-12-6(14)7(8,9)10/h2-4H2,1H3,(H,11,13)(H,12,14). The van der Waals surface area contributed by atoms with Gasteiger partial charge in [-0.1, -0.05) is 6.92 Å². The molecule has 0 aliphatic rings. The summed E-state index contributed by atoms with van der Waals surface area (Å²) in [5.74, 6) is -2.27. The van der Waals surface area contributed by atoms with E-state index in [0.717, 1.165) is 0 Å². The highest BCUT2D eigenvalue weighted by Gasteiger charge is 2.38. The van der Waals surface area contributed by atoms with Crippen molar-refractivity contribution in [3.8, 4) is 0 Å². The van der Waals surface area contributed by atoms with Crippen LogP contribution >= 0.6 is 0 Å². The molecule has 0 bridgehead atoms. The average molecular weight is 212 g/mol. The summed E-state index contributed by atoms with van der Waals surface area (Å²) < 4.78 is 34.8. The first-order valence-electron chi connectivity index (χ1n) is 3.99. The maximum absolute atomic E-state index is 11.6. The lowest BCUT2D eigenvalue weighted by molar-refractivity contribution is -0.173. The fourth-order valence-electron chi connectivity index (χ4n) is 0.603. The minimum Gasteiger partial charge on any atom is -0.354 e. The molecule has 0 aromatic rings. The number of carbonyl (C=O) groups is 2. The molecule has 0 heterocycles. The number of hydrogen-bond acceptors (Lipinski definition) is 2. The van der Waals surface area contributed by atoms with Gasteiger partial charge in [0.2, 0.25) is 5.91 Å². The molecule has 0 fully saturated rings. The van der Waals surface area contributed by atoms with E-state index in [0.29, 0.717) is 0 Å². The first-order chi connectivity index (χ1) is 6.38. The van der Waals surface area contributed by atoms with Crippen molar-refractivity contribution >= 4 is 11.8 Å². The van der Waals surface area contributed by atoms with E-state index in [4.69, 9.17) is 0 Å². The fourth-order valence-corrected chi connectivity index (χ4v) is 0.603. The van der Waals surface area contributed by atoms with Crippen LogP contribution < -0.4 is 10.6 Å². The summed E-state index contributed by atoms with van der Waals surface area (Å²) in [4.78, 5) is 20.8. The normalized spacial score (nSPS) is 10.9. The summed E-state index contributed by atoms with van der Waals surface area (Å²) >= 11 is 0. The minimum absolute atomic E-state index is 0.00546. The first kappa shape index (κ1) is 12.7. The molecule has 0 rings (SSSR count). The molecule has 7 heteroatoms. The Morgan fingerprint density at radius 1 is 1.14 bits per heavy atom. The van der Waals surface area contributed by atoms with Crippen LogP contribution in [0.15, 0.2) is 0 Å². The van der Waals surface area contributed by atoms with Crippen molar-refractivity contribution in [3.05, 3.63) is 0 Å². The van der Waals surface area contributed by atoms with Crippen LogP contribution in [0.25, 0.3) is 0 Å². The molecule has 0 unspecified atom stereocenters. The molecule has 0 saturated heterocycles. The lowest BCUT2D eigenvalue weighted by atomic mass is 10.4. The van der Waals surface area contributed by atoms with Gasteiger partial charge in [-0.25, -0.2) is 0 Å². The second-order valence-electron chi connectivity index (χ2n) is 2.46. The van der Waals surface area contributed by atoms with E-state index in [1.165, 1.54) is 0 Å². The Morgan fingerprint density at radius 2 is 1.64 bits per heavy atom. The molecule has 0 spiro atoms. The van der Waals surface area contributed by atoms with Crippen LogP contribution in [0, 0.1) is 0 Å². The van der Waals surface area contributed by atoms with E-state index in [-0.39, 0.29) is 25.4 Å². The van der Waals surface area contributed by atoms with Gasteiger partial charge in [-0.05, 0) is 0 Å². The minimum atomic E-state index is -4.87. The third-order valence-electron chi connectivity index (χ3n) is 1.31.